The Morgan fingerprint density at radius 2 is 2.22 bits per heavy atom. The monoisotopic (exact) mass is 129 g/mol. The highest BCUT2D eigenvalue weighted by Gasteiger charge is 1.85. The molecule has 0 heterocycles. The molecule has 0 rings (SSSR count). The zero-order chi connectivity index (χ0) is 6.95. The maximum Gasteiger partial charge on any atom is 0.437 e. The summed E-state index contributed by atoms with van der Waals surface area (Å²) in [5.74, 6) is 0. The van der Waals surface area contributed by atoms with Crippen LogP contribution in [-0.4, -0.2) is 19.3 Å². The van der Waals surface area contributed by atoms with Crippen LogP contribution in [0, 0.1) is 0 Å². The maximum atomic E-state index is 9.57. The molecule has 0 spiro atoms. The molecular weight excluding hydrogens is 122 g/mol. The van der Waals surface area contributed by atoms with Crippen LogP contribution < -0.4 is 5.48 Å². The first-order valence-electron chi connectivity index (χ1n) is 2.52. The fraction of sp³-hybridized carbons (Fsp3) is 0.600. The standard InChI is InChI=1S/C5H7NO3/c7-4-2-1-3-6-9-5-8/h6H,1-3H2. The lowest BCUT2D eigenvalue weighted by Crippen LogP contribution is -2.14. The van der Waals surface area contributed by atoms with Gasteiger partial charge in [-0.15, -0.1) is 0 Å². The molecule has 0 saturated carbocycles. The summed E-state index contributed by atoms with van der Waals surface area (Å²) in [4.78, 5) is 22.9. The molecule has 0 saturated heterocycles. The van der Waals surface area contributed by atoms with Crippen molar-refractivity contribution in [3.63, 3.8) is 0 Å². The first kappa shape index (κ1) is 8.10. The Kier molecular flexibility index (Phi) is 6.39. The van der Waals surface area contributed by atoms with E-state index < -0.39 is 0 Å². The lowest BCUT2D eigenvalue weighted by Gasteiger charge is -1.94. The largest absolute Gasteiger partial charge is 0.437 e. The summed E-state index contributed by atoms with van der Waals surface area (Å²) in [6, 6.07) is 0. The molecule has 9 heavy (non-hydrogen) atoms. The number of hydrogen-bond donors (Lipinski definition) is 1. The van der Waals surface area contributed by atoms with Crippen molar-refractivity contribution in [3.8, 4) is 0 Å². The summed E-state index contributed by atoms with van der Waals surface area (Å²) in [7, 11) is 0. The summed E-state index contributed by atoms with van der Waals surface area (Å²) in [5, 5.41) is 0. The Balaban J connectivity index is 2.74. The van der Waals surface area contributed by atoms with Gasteiger partial charge in [0, 0.05) is 13.0 Å². The zero-order valence-electron chi connectivity index (χ0n) is 4.85. The van der Waals surface area contributed by atoms with Gasteiger partial charge in [-0.05, 0) is 6.42 Å². The van der Waals surface area contributed by atoms with Crippen LogP contribution in [0.5, 0.6) is 0 Å². The van der Waals surface area contributed by atoms with Crippen molar-refractivity contribution in [1.29, 1.82) is 0 Å². The summed E-state index contributed by atoms with van der Waals surface area (Å²) >= 11 is 0. The van der Waals surface area contributed by atoms with Gasteiger partial charge in [0.25, 0.3) is 0 Å². The molecule has 1 N–H and O–H groups in total. The Labute approximate surface area is 53.1 Å². The first-order chi connectivity index (χ1) is 4.41. The normalized spacial score (nSPS) is 8.44. The molecule has 0 amide bonds. The predicted molar refractivity (Wildman–Crippen MR) is 29.7 cm³/mol. The molecular formula is C5H7NO3. The van der Waals surface area contributed by atoms with E-state index in [4.69, 9.17) is 0 Å². The van der Waals surface area contributed by atoms with Crippen LogP contribution in [0.15, 0.2) is 0 Å². The Morgan fingerprint density at radius 3 is 2.78 bits per heavy atom. The predicted octanol–water partition coefficient (Wildman–Crippen LogP) is -0.535. The Morgan fingerprint density at radius 1 is 1.44 bits per heavy atom. The molecule has 0 aromatic heterocycles. The highest BCUT2D eigenvalue weighted by atomic mass is 16.7. The van der Waals surface area contributed by atoms with E-state index in [0.29, 0.717) is 19.4 Å². The summed E-state index contributed by atoms with van der Waals surface area (Å²) in [5.41, 5.74) is 2.27. The summed E-state index contributed by atoms with van der Waals surface area (Å²) in [6.45, 7) is 1.65. The van der Waals surface area contributed by atoms with Crippen molar-refractivity contribution < 1.29 is 14.4 Å². The van der Waals surface area contributed by atoms with Gasteiger partial charge in [0.15, 0.2) is 6.29 Å². The molecule has 0 unspecified atom stereocenters. The van der Waals surface area contributed by atoms with Crippen molar-refractivity contribution in [2.24, 2.45) is 0 Å². The van der Waals surface area contributed by atoms with Crippen molar-refractivity contribution in [3.05, 3.63) is 0 Å². The molecule has 0 atom stereocenters. The van der Waals surface area contributed by atoms with Crippen LogP contribution in [0.2, 0.25) is 0 Å². The van der Waals surface area contributed by atoms with E-state index in [2.05, 4.69) is 10.3 Å². The number of rotatable bonds is 6. The van der Waals surface area contributed by atoms with Crippen LogP contribution in [0.4, 0.5) is 0 Å². The molecule has 0 aliphatic carbocycles. The molecule has 0 bridgehead atoms. The number of hydrogen-bond acceptors (Lipinski definition) is 4. The van der Waals surface area contributed by atoms with E-state index in [1.54, 1.807) is 6.29 Å². The lowest BCUT2D eigenvalue weighted by molar-refractivity contribution is 0.168. The quantitative estimate of drug-likeness (QED) is 0.386. The van der Waals surface area contributed by atoms with Gasteiger partial charge < -0.3 is 4.84 Å². The van der Waals surface area contributed by atoms with E-state index in [1.165, 1.54) is 6.47 Å². The van der Waals surface area contributed by atoms with Crippen LogP contribution in [0.1, 0.15) is 12.8 Å². The van der Waals surface area contributed by atoms with Crippen molar-refractivity contribution in [2.45, 2.75) is 12.8 Å². The number of unbranched alkanes of at least 4 members (excludes halogenated alkanes) is 1. The van der Waals surface area contributed by atoms with Gasteiger partial charge in [0.05, 0.1) is 0 Å². The number of nitrogens with one attached hydrogen (secondary N) is 1. The second kappa shape index (κ2) is 7.10. The molecule has 4 heteroatoms. The van der Waals surface area contributed by atoms with Gasteiger partial charge in [0.2, 0.25) is 0 Å². The molecule has 0 aliphatic heterocycles. The summed E-state index contributed by atoms with van der Waals surface area (Å²) in [6.07, 6.45) is 2.67. The third-order valence-corrected chi connectivity index (χ3v) is 0.672. The third kappa shape index (κ3) is 7.10. The molecule has 4 nitrogen and oxygen atoms in total. The highest BCUT2D eigenvalue weighted by molar-refractivity contribution is 5.50. The van der Waals surface area contributed by atoms with Crippen LogP contribution >= 0.6 is 0 Å². The zero-order valence-corrected chi connectivity index (χ0v) is 4.85. The van der Waals surface area contributed by atoms with E-state index in [-0.39, 0.29) is 0 Å². The van der Waals surface area contributed by atoms with Gasteiger partial charge in [-0.1, -0.05) is 0 Å². The molecule has 0 fully saturated rings. The minimum Gasteiger partial charge on any atom is -0.362 e. The van der Waals surface area contributed by atoms with Gasteiger partial charge in [-0.3, -0.25) is 4.79 Å². The van der Waals surface area contributed by atoms with Gasteiger partial charge >= 0.3 is 6.47 Å². The van der Waals surface area contributed by atoms with Crippen molar-refractivity contribution in [1.82, 2.24) is 5.48 Å². The second-order valence-electron chi connectivity index (χ2n) is 1.33. The number of hydroxylamine groups is 1. The highest BCUT2D eigenvalue weighted by Crippen LogP contribution is 1.79. The molecule has 0 aromatic rings. The van der Waals surface area contributed by atoms with Crippen LogP contribution in [-0.2, 0) is 14.4 Å². The second-order valence-corrected chi connectivity index (χ2v) is 1.33. The van der Waals surface area contributed by atoms with E-state index >= 15 is 0 Å². The van der Waals surface area contributed by atoms with Gasteiger partial charge in [-0.25, -0.2) is 4.79 Å². The molecule has 0 aromatic carbocycles. The van der Waals surface area contributed by atoms with Gasteiger partial charge in [-0.2, -0.15) is 5.48 Å². The fourth-order valence-corrected chi connectivity index (χ4v) is 0.313. The fourth-order valence-electron chi connectivity index (χ4n) is 0.313. The smallest absolute Gasteiger partial charge is 0.362 e. The van der Waals surface area contributed by atoms with Gasteiger partial charge in [0.1, 0.15) is 0 Å². The third-order valence-electron chi connectivity index (χ3n) is 0.672. The molecule has 50 valence electrons. The average Bonchev–Trinajstić information content (AvgIpc) is 1.89. The Bertz CT molecular complexity index is 74.3. The van der Waals surface area contributed by atoms with E-state index in [0.717, 1.165) is 0 Å². The van der Waals surface area contributed by atoms with Crippen LogP contribution in [0.3, 0.4) is 0 Å². The lowest BCUT2D eigenvalue weighted by atomic mass is 10.3. The van der Waals surface area contributed by atoms with Crippen molar-refractivity contribution in [2.75, 3.05) is 6.54 Å². The first-order valence-corrected chi connectivity index (χ1v) is 2.52. The molecule has 0 aliphatic rings. The van der Waals surface area contributed by atoms with E-state index in [1.807, 2.05) is 0 Å². The van der Waals surface area contributed by atoms with E-state index in [9.17, 15) is 9.59 Å². The van der Waals surface area contributed by atoms with Crippen molar-refractivity contribution >= 4 is 12.8 Å². The van der Waals surface area contributed by atoms with Crippen LogP contribution in [0.25, 0.3) is 0 Å². The number of carbonyl (C=O) groups excluding carboxylic acids is 2. The minimum atomic E-state index is 0.356. The average molecular weight is 129 g/mol. The summed E-state index contributed by atoms with van der Waals surface area (Å²) < 4.78 is 0. The minimum absolute atomic E-state index is 0.356. The molecule has 2 radical (unpaired) electrons. The SMILES string of the molecule is O=[C]CCCNO[C]=O. The topological polar surface area (TPSA) is 55.4 Å². The maximum absolute atomic E-state index is 9.57. The Hall–Kier alpha value is -0.900.